The minimum Gasteiger partial charge on any atom is -0.318 e. The maximum atomic E-state index is 13.1. The van der Waals surface area contributed by atoms with Crippen LogP contribution in [0.15, 0.2) is 24.3 Å². The molecule has 1 fully saturated rings. The molecule has 0 aliphatic heterocycles. The van der Waals surface area contributed by atoms with Gasteiger partial charge in [0.1, 0.15) is 12.0 Å². The Labute approximate surface area is 81.3 Å². The third-order valence-electron chi connectivity index (χ3n) is 2.46. The van der Waals surface area contributed by atoms with Crippen molar-refractivity contribution in [3.8, 4) is 0 Å². The Morgan fingerprint density at radius 3 is 2.57 bits per heavy atom. The smallest absolute Gasteiger partial charge is 0.147 e. The lowest BCUT2D eigenvalue weighted by molar-refractivity contribution is 0.149. The van der Waals surface area contributed by atoms with E-state index in [1.165, 1.54) is 6.07 Å². The van der Waals surface area contributed by atoms with E-state index in [1.807, 2.05) is 0 Å². The number of anilines is 1. The van der Waals surface area contributed by atoms with Gasteiger partial charge in [-0.2, -0.15) is 0 Å². The largest absolute Gasteiger partial charge is 0.318 e. The van der Waals surface area contributed by atoms with E-state index >= 15 is 0 Å². The number of benzene rings is 1. The van der Waals surface area contributed by atoms with E-state index in [9.17, 15) is 8.78 Å². The van der Waals surface area contributed by atoms with E-state index in [4.69, 9.17) is 0 Å². The minimum absolute atomic E-state index is 0.186. The number of hydrogen-bond acceptors (Lipinski definition) is 2. The highest BCUT2D eigenvalue weighted by atomic mass is 19.1. The highest BCUT2D eigenvalue weighted by molar-refractivity contribution is 5.43. The van der Waals surface area contributed by atoms with Crippen LogP contribution in [0.1, 0.15) is 12.8 Å². The molecule has 0 amide bonds. The van der Waals surface area contributed by atoms with Gasteiger partial charge in [0.05, 0.1) is 11.7 Å². The average molecular weight is 198 g/mol. The number of hydrogen-bond donors (Lipinski definition) is 2. The topological polar surface area (TPSA) is 24.1 Å². The van der Waals surface area contributed by atoms with Crippen LogP contribution in [-0.2, 0) is 0 Å². The first-order valence-electron chi connectivity index (χ1n) is 4.67. The Hall–Kier alpha value is -1.16. The van der Waals surface area contributed by atoms with Crippen LogP contribution in [-0.4, -0.2) is 12.2 Å². The summed E-state index contributed by atoms with van der Waals surface area (Å²) in [5, 5.41) is 0. The Morgan fingerprint density at radius 1 is 1.21 bits per heavy atom. The van der Waals surface area contributed by atoms with Crippen LogP contribution in [0.2, 0.25) is 0 Å². The molecule has 76 valence electrons. The third kappa shape index (κ3) is 1.85. The van der Waals surface area contributed by atoms with Crippen LogP contribution < -0.4 is 10.9 Å². The lowest BCUT2D eigenvalue weighted by atomic mass is 9.91. The molecule has 1 aliphatic rings. The fourth-order valence-electron chi connectivity index (χ4n) is 1.35. The van der Waals surface area contributed by atoms with Crippen molar-refractivity contribution in [2.45, 2.75) is 25.1 Å². The summed E-state index contributed by atoms with van der Waals surface area (Å²) in [6, 6.07) is 6.11. The van der Waals surface area contributed by atoms with Crippen molar-refractivity contribution in [1.29, 1.82) is 0 Å². The monoisotopic (exact) mass is 198 g/mol. The van der Waals surface area contributed by atoms with Crippen molar-refractivity contribution >= 4 is 5.69 Å². The Kier molecular flexibility index (Phi) is 2.63. The molecule has 0 aromatic heterocycles. The summed E-state index contributed by atoms with van der Waals surface area (Å²) >= 11 is 0. The summed E-state index contributed by atoms with van der Waals surface area (Å²) in [4.78, 5) is 0. The van der Waals surface area contributed by atoms with Gasteiger partial charge < -0.3 is 5.43 Å². The first kappa shape index (κ1) is 9.40. The summed E-state index contributed by atoms with van der Waals surface area (Å²) in [6.07, 6.45) is 0.577. The molecule has 1 saturated carbocycles. The van der Waals surface area contributed by atoms with Gasteiger partial charge in [-0.15, -0.1) is 0 Å². The van der Waals surface area contributed by atoms with E-state index in [2.05, 4.69) is 10.9 Å². The molecular weight excluding hydrogens is 186 g/mol. The molecule has 2 rings (SSSR count). The number of alkyl halides is 1. The molecule has 4 heteroatoms. The molecule has 14 heavy (non-hydrogen) atoms. The van der Waals surface area contributed by atoms with Gasteiger partial charge in [-0.3, -0.25) is 0 Å². The lowest BCUT2D eigenvalue weighted by Gasteiger charge is -2.31. The molecule has 1 aliphatic carbocycles. The Bertz CT molecular complexity index is 317. The normalized spacial score (nSPS) is 25.6. The molecule has 2 nitrogen and oxygen atoms in total. The molecule has 0 bridgehead atoms. The molecular formula is C10H12F2N2. The van der Waals surface area contributed by atoms with Crippen molar-refractivity contribution < 1.29 is 8.78 Å². The third-order valence-corrected chi connectivity index (χ3v) is 2.46. The molecule has 1 aromatic carbocycles. The molecule has 0 heterocycles. The van der Waals surface area contributed by atoms with Crippen LogP contribution in [0.25, 0.3) is 0 Å². The van der Waals surface area contributed by atoms with Crippen molar-refractivity contribution in [3.05, 3.63) is 30.1 Å². The van der Waals surface area contributed by atoms with E-state index in [1.54, 1.807) is 18.2 Å². The fraction of sp³-hybridized carbons (Fsp3) is 0.400. The lowest BCUT2D eigenvalue weighted by Crippen LogP contribution is -2.48. The Balaban J connectivity index is 1.88. The molecule has 2 atom stereocenters. The highest BCUT2D eigenvalue weighted by Crippen LogP contribution is 2.23. The van der Waals surface area contributed by atoms with Crippen LogP contribution in [0.3, 0.4) is 0 Å². The number of hydrazine groups is 1. The van der Waals surface area contributed by atoms with Crippen LogP contribution in [0, 0.1) is 5.82 Å². The second-order valence-corrected chi connectivity index (χ2v) is 3.45. The number of nitrogens with one attached hydrogen (secondary N) is 2. The molecule has 2 unspecified atom stereocenters. The molecule has 0 radical (unpaired) electrons. The average Bonchev–Trinajstić information content (AvgIpc) is 2.19. The Morgan fingerprint density at radius 2 is 2.00 bits per heavy atom. The van der Waals surface area contributed by atoms with Crippen LogP contribution in [0.5, 0.6) is 0 Å². The van der Waals surface area contributed by atoms with Crippen molar-refractivity contribution in [1.82, 2.24) is 5.43 Å². The van der Waals surface area contributed by atoms with Gasteiger partial charge in [0.25, 0.3) is 0 Å². The number of halogens is 2. The highest BCUT2D eigenvalue weighted by Gasteiger charge is 2.30. The van der Waals surface area contributed by atoms with Gasteiger partial charge in [0.2, 0.25) is 0 Å². The van der Waals surface area contributed by atoms with Crippen LogP contribution >= 0.6 is 0 Å². The standard InChI is InChI=1S/C10H12F2N2/c11-7-3-1-2-4-9(7)13-14-10-6-5-8(10)12/h1-4,8,10,13-14H,5-6H2. The second kappa shape index (κ2) is 3.92. The minimum atomic E-state index is -0.811. The van der Waals surface area contributed by atoms with Gasteiger partial charge in [0, 0.05) is 0 Å². The summed E-state index contributed by atoms with van der Waals surface area (Å²) in [7, 11) is 0. The maximum Gasteiger partial charge on any atom is 0.147 e. The van der Waals surface area contributed by atoms with E-state index in [-0.39, 0.29) is 11.9 Å². The van der Waals surface area contributed by atoms with E-state index in [0.29, 0.717) is 12.1 Å². The summed E-state index contributed by atoms with van der Waals surface area (Å²) in [5.41, 5.74) is 5.79. The zero-order chi connectivity index (χ0) is 9.97. The van der Waals surface area contributed by atoms with Gasteiger partial charge in [-0.25, -0.2) is 14.2 Å². The first-order chi connectivity index (χ1) is 6.77. The van der Waals surface area contributed by atoms with Gasteiger partial charge in [-0.1, -0.05) is 12.1 Å². The molecule has 0 spiro atoms. The van der Waals surface area contributed by atoms with Crippen molar-refractivity contribution in [2.75, 3.05) is 5.43 Å². The SMILES string of the molecule is Fc1ccccc1NNC1CCC1F. The predicted octanol–water partition coefficient (Wildman–Crippen LogP) is 2.24. The van der Waals surface area contributed by atoms with Gasteiger partial charge >= 0.3 is 0 Å². The van der Waals surface area contributed by atoms with E-state index in [0.717, 1.165) is 6.42 Å². The molecule has 0 saturated heterocycles. The summed E-state index contributed by atoms with van der Waals surface area (Å²) in [5.74, 6) is -0.338. The molecule has 2 N–H and O–H groups in total. The molecule has 1 aromatic rings. The van der Waals surface area contributed by atoms with Gasteiger partial charge in [0.15, 0.2) is 0 Å². The fourth-order valence-corrected chi connectivity index (χ4v) is 1.35. The summed E-state index contributed by atoms with van der Waals surface area (Å²) in [6.45, 7) is 0. The zero-order valence-electron chi connectivity index (χ0n) is 7.63. The van der Waals surface area contributed by atoms with Crippen molar-refractivity contribution in [2.24, 2.45) is 0 Å². The van der Waals surface area contributed by atoms with Gasteiger partial charge in [-0.05, 0) is 25.0 Å². The second-order valence-electron chi connectivity index (χ2n) is 3.45. The van der Waals surface area contributed by atoms with E-state index < -0.39 is 6.17 Å². The summed E-state index contributed by atoms with van der Waals surface area (Å²) < 4.78 is 25.9. The van der Waals surface area contributed by atoms with Crippen molar-refractivity contribution in [3.63, 3.8) is 0 Å². The van der Waals surface area contributed by atoms with Crippen LogP contribution in [0.4, 0.5) is 14.5 Å². The quantitative estimate of drug-likeness (QED) is 0.728. The number of rotatable bonds is 3. The predicted molar refractivity (Wildman–Crippen MR) is 51.1 cm³/mol. The first-order valence-corrected chi connectivity index (χ1v) is 4.67. The zero-order valence-corrected chi connectivity index (χ0v) is 7.63. The number of para-hydroxylation sites is 1. The maximum absolute atomic E-state index is 13.1.